The predicted octanol–water partition coefficient (Wildman–Crippen LogP) is 4.36. The van der Waals surface area contributed by atoms with Crippen molar-refractivity contribution in [2.75, 3.05) is 29.6 Å². The van der Waals surface area contributed by atoms with E-state index >= 15 is 0 Å². The Morgan fingerprint density at radius 3 is 2.54 bits per heavy atom. The normalized spacial score (nSPS) is 11.5. The van der Waals surface area contributed by atoms with Crippen LogP contribution < -0.4 is 27.2 Å². The van der Waals surface area contributed by atoms with Gasteiger partial charge in [0.05, 0.1) is 23.4 Å². The van der Waals surface area contributed by atoms with Gasteiger partial charge in [0.15, 0.2) is 0 Å². The monoisotopic (exact) mass is 544 g/mol. The minimum atomic E-state index is -4.61. The molecule has 0 saturated heterocycles. The SMILES string of the molecule is CNc1cc2c(cn1)cc(-c1cc(NC(=O)Nc3cccc(C(F)(F)F)c3)c(F)cc1CN)c(=O)n2CCO. The number of nitrogens with one attached hydrogen (secondary N) is 3. The largest absolute Gasteiger partial charge is 0.416 e. The van der Waals surface area contributed by atoms with Gasteiger partial charge >= 0.3 is 12.2 Å². The first-order valence-electron chi connectivity index (χ1n) is 11.7. The number of urea groups is 1. The fourth-order valence-corrected chi connectivity index (χ4v) is 4.11. The second kappa shape index (κ2) is 11.1. The molecule has 2 amide bonds. The summed E-state index contributed by atoms with van der Waals surface area (Å²) in [5, 5.41) is 17.5. The van der Waals surface area contributed by atoms with Gasteiger partial charge in [-0.3, -0.25) is 4.79 Å². The topological polar surface area (TPSA) is 134 Å². The Bertz CT molecular complexity index is 1600. The summed E-state index contributed by atoms with van der Waals surface area (Å²) in [5.41, 5.74) is 5.01. The van der Waals surface area contributed by atoms with Crippen LogP contribution in [0.15, 0.2) is 59.5 Å². The number of halogens is 4. The lowest BCUT2D eigenvalue weighted by atomic mass is 9.98. The molecular weight excluding hydrogens is 520 g/mol. The molecule has 0 atom stereocenters. The van der Waals surface area contributed by atoms with Crippen molar-refractivity contribution in [3.05, 3.63) is 82.0 Å². The average molecular weight is 545 g/mol. The van der Waals surface area contributed by atoms with Crippen LogP contribution in [0.25, 0.3) is 22.0 Å². The van der Waals surface area contributed by atoms with Crippen LogP contribution in [0.3, 0.4) is 0 Å². The number of aliphatic hydroxyl groups excluding tert-OH is 1. The molecule has 4 rings (SSSR count). The Kier molecular flexibility index (Phi) is 7.83. The molecule has 0 radical (unpaired) electrons. The summed E-state index contributed by atoms with van der Waals surface area (Å²) in [6, 6.07) is 8.46. The lowest BCUT2D eigenvalue weighted by Gasteiger charge is -2.17. The van der Waals surface area contributed by atoms with Crippen LogP contribution in [-0.4, -0.2) is 34.3 Å². The fraction of sp³-hybridized carbons (Fsp3) is 0.192. The van der Waals surface area contributed by atoms with Crippen molar-refractivity contribution in [3.63, 3.8) is 0 Å². The van der Waals surface area contributed by atoms with Gasteiger partial charge < -0.3 is 31.4 Å². The fourth-order valence-electron chi connectivity index (χ4n) is 4.11. The second-order valence-corrected chi connectivity index (χ2v) is 8.47. The zero-order valence-electron chi connectivity index (χ0n) is 20.6. The second-order valence-electron chi connectivity index (χ2n) is 8.47. The quantitative estimate of drug-likeness (QED) is 0.220. The highest BCUT2D eigenvalue weighted by Gasteiger charge is 2.30. The van der Waals surface area contributed by atoms with Gasteiger partial charge in [-0.25, -0.2) is 14.2 Å². The van der Waals surface area contributed by atoms with Crippen LogP contribution in [0.5, 0.6) is 0 Å². The standard InChI is InChI=1S/C26H24F4N6O3/c1-32-23-11-22-15(13-33-23)7-19(24(38)36(22)5-6-37)18-10-21(20(27)8-14(18)12-31)35-25(39)34-17-4-2-3-16(9-17)26(28,29)30/h2-4,7-11,13,37H,5-6,12,31H2,1H3,(H,32,33)(H2,34,35,39). The summed E-state index contributed by atoms with van der Waals surface area (Å²) >= 11 is 0. The van der Waals surface area contributed by atoms with Crippen LogP contribution in [0.2, 0.25) is 0 Å². The average Bonchev–Trinajstić information content (AvgIpc) is 2.90. The van der Waals surface area contributed by atoms with Crippen LogP contribution in [-0.2, 0) is 19.3 Å². The van der Waals surface area contributed by atoms with Crippen molar-refractivity contribution >= 4 is 34.1 Å². The molecule has 2 aromatic heterocycles. The zero-order valence-corrected chi connectivity index (χ0v) is 20.6. The van der Waals surface area contributed by atoms with Gasteiger partial charge in [0.25, 0.3) is 5.56 Å². The molecule has 204 valence electrons. The van der Waals surface area contributed by atoms with E-state index in [0.717, 1.165) is 24.3 Å². The predicted molar refractivity (Wildman–Crippen MR) is 140 cm³/mol. The van der Waals surface area contributed by atoms with E-state index < -0.39 is 29.1 Å². The van der Waals surface area contributed by atoms with Crippen molar-refractivity contribution in [3.8, 4) is 11.1 Å². The highest BCUT2D eigenvalue weighted by Crippen LogP contribution is 2.32. The van der Waals surface area contributed by atoms with Crippen molar-refractivity contribution in [1.29, 1.82) is 0 Å². The molecule has 0 aliphatic rings. The van der Waals surface area contributed by atoms with Crippen molar-refractivity contribution in [1.82, 2.24) is 9.55 Å². The molecule has 2 aromatic carbocycles. The molecule has 0 fully saturated rings. The summed E-state index contributed by atoms with van der Waals surface area (Å²) in [4.78, 5) is 30.3. The number of carbonyl (C=O) groups is 1. The first-order chi connectivity index (χ1) is 18.5. The molecule has 0 unspecified atom stereocenters. The Morgan fingerprint density at radius 2 is 1.87 bits per heavy atom. The molecule has 39 heavy (non-hydrogen) atoms. The highest BCUT2D eigenvalue weighted by atomic mass is 19.4. The number of aliphatic hydroxyl groups is 1. The van der Waals surface area contributed by atoms with Crippen LogP contribution in [0.4, 0.5) is 39.5 Å². The molecule has 0 aliphatic heterocycles. The maximum atomic E-state index is 14.9. The molecule has 0 spiro atoms. The lowest BCUT2D eigenvalue weighted by molar-refractivity contribution is -0.137. The van der Waals surface area contributed by atoms with Crippen LogP contribution >= 0.6 is 0 Å². The molecule has 0 bridgehead atoms. The van der Waals surface area contributed by atoms with Crippen LogP contribution in [0.1, 0.15) is 11.1 Å². The van der Waals surface area contributed by atoms with E-state index in [4.69, 9.17) is 5.73 Å². The summed E-state index contributed by atoms with van der Waals surface area (Å²) in [6.07, 6.45) is -3.08. The number of aromatic nitrogens is 2. The Hall–Kier alpha value is -4.49. The van der Waals surface area contributed by atoms with Gasteiger partial charge in [0, 0.05) is 49.0 Å². The number of pyridine rings is 2. The molecular formula is C26H24F4N6O3. The summed E-state index contributed by atoms with van der Waals surface area (Å²) in [6.45, 7) is -0.497. The third-order valence-corrected chi connectivity index (χ3v) is 5.96. The van der Waals surface area contributed by atoms with Gasteiger partial charge in [-0.15, -0.1) is 0 Å². The van der Waals surface area contributed by atoms with E-state index in [1.807, 2.05) is 0 Å². The van der Waals surface area contributed by atoms with E-state index in [-0.39, 0.29) is 47.8 Å². The Balaban J connectivity index is 1.75. The number of amides is 2. The number of benzene rings is 2. The number of alkyl halides is 3. The minimum absolute atomic E-state index is 0.0278. The van der Waals surface area contributed by atoms with E-state index in [1.165, 1.54) is 22.9 Å². The number of rotatable bonds is 7. The number of anilines is 3. The molecule has 9 nitrogen and oxygen atoms in total. The zero-order chi connectivity index (χ0) is 28.3. The van der Waals surface area contributed by atoms with Gasteiger partial charge in [-0.1, -0.05) is 6.07 Å². The molecule has 0 saturated carbocycles. The molecule has 13 heteroatoms. The third kappa shape index (κ3) is 5.84. The number of nitrogens with zero attached hydrogens (tertiary/aromatic N) is 2. The minimum Gasteiger partial charge on any atom is -0.395 e. The molecule has 4 aromatic rings. The van der Waals surface area contributed by atoms with Gasteiger partial charge in [-0.05, 0) is 47.5 Å². The summed E-state index contributed by atoms with van der Waals surface area (Å²) in [5.74, 6) is -0.362. The first-order valence-corrected chi connectivity index (χ1v) is 11.7. The molecule has 2 heterocycles. The maximum absolute atomic E-state index is 14.9. The number of hydrogen-bond acceptors (Lipinski definition) is 6. The van der Waals surface area contributed by atoms with E-state index in [0.29, 0.717) is 16.7 Å². The maximum Gasteiger partial charge on any atom is 0.416 e. The van der Waals surface area contributed by atoms with Gasteiger partial charge in [0.2, 0.25) is 0 Å². The van der Waals surface area contributed by atoms with E-state index in [9.17, 15) is 32.3 Å². The molecule has 6 N–H and O–H groups in total. The number of hydrogen-bond donors (Lipinski definition) is 5. The number of nitrogens with two attached hydrogens (primary N) is 1. The van der Waals surface area contributed by atoms with Crippen molar-refractivity contribution < 1.29 is 27.5 Å². The first kappa shape index (κ1) is 27.5. The summed E-state index contributed by atoms with van der Waals surface area (Å²) in [7, 11) is 1.67. The molecule has 0 aliphatic carbocycles. The van der Waals surface area contributed by atoms with Crippen molar-refractivity contribution in [2.24, 2.45) is 5.73 Å². The van der Waals surface area contributed by atoms with E-state index in [1.54, 1.807) is 19.2 Å². The Morgan fingerprint density at radius 1 is 1.10 bits per heavy atom. The van der Waals surface area contributed by atoms with Crippen LogP contribution in [0, 0.1) is 5.82 Å². The number of carbonyl (C=O) groups excluding carboxylic acids is 1. The third-order valence-electron chi connectivity index (χ3n) is 5.96. The smallest absolute Gasteiger partial charge is 0.395 e. The summed E-state index contributed by atoms with van der Waals surface area (Å²) < 4.78 is 55.2. The van der Waals surface area contributed by atoms with Crippen molar-refractivity contribution in [2.45, 2.75) is 19.3 Å². The van der Waals surface area contributed by atoms with E-state index in [2.05, 4.69) is 20.9 Å². The Labute approximate surface area is 219 Å². The highest BCUT2D eigenvalue weighted by molar-refractivity contribution is 6.00. The number of fused-ring (bicyclic) bond motifs is 1. The lowest BCUT2D eigenvalue weighted by Crippen LogP contribution is -2.25. The van der Waals surface area contributed by atoms with Gasteiger partial charge in [-0.2, -0.15) is 13.2 Å². The van der Waals surface area contributed by atoms with Gasteiger partial charge in [0.1, 0.15) is 11.6 Å².